The van der Waals surface area contributed by atoms with Crippen molar-refractivity contribution in [1.29, 1.82) is 5.26 Å². The minimum atomic E-state index is -4.34. The summed E-state index contributed by atoms with van der Waals surface area (Å²) in [6.45, 7) is 0.320. The minimum Gasteiger partial charge on any atom is -0.490 e. The summed E-state index contributed by atoms with van der Waals surface area (Å²) in [5.74, 6) is 0.163. The van der Waals surface area contributed by atoms with Crippen LogP contribution in [0.15, 0.2) is 53.6 Å². The molecule has 0 unspecified atom stereocenters. The average Bonchev–Trinajstić information content (AvgIpc) is 2.65. The van der Waals surface area contributed by atoms with Gasteiger partial charge in [0, 0.05) is 23.6 Å². The number of nitrogens with one attached hydrogen (secondary N) is 1. The normalized spacial score (nSPS) is 11.2. The van der Waals surface area contributed by atoms with E-state index >= 15 is 0 Å². The number of thioether (sulfide) groups is 1. The molecule has 0 spiro atoms. The highest BCUT2D eigenvalue weighted by atomic mass is 32.2. The smallest absolute Gasteiger partial charge is 0.446 e. The topological polar surface area (TPSA) is 75.0 Å². The van der Waals surface area contributed by atoms with Gasteiger partial charge in [-0.3, -0.25) is 4.79 Å². The van der Waals surface area contributed by atoms with Gasteiger partial charge in [0.1, 0.15) is 0 Å². The molecule has 1 aromatic heterocycles. The van der Waals surface area contributed by atoms with Crippen LogP contribution in [0.5, 0.6) is 5.75 Å². The highest BCUT2D eigenvalue weighted by Crippen LogP contribution is 2.36. The monoisotopic (exact) mass is 407 g/mol. The highest BCUT2D eigenvalue weighted by molar-refractivity contribution is 8.00. The molecule has 1 aromatic carbocycles. The number of amides is 1. The summed E-state index contributed by atoms with van der Waals surface area (Å²) in [7, 11) is 0. The van der Waals surface area contributed by atoms with Crippen LogP contribution >= 0.6 is 11.8 Å². The lowest BCUT2D eigenvalue weighted by Crippen LogP contribution is -2.11. The number of halogens is 3. The number of rotatable bonds is 8. The maximum absolute atomic E-state index is 12.3. The van der Waals surface area contributed by atoms with E-state index < -0.39 is 11.4 Å². The van der Waals surface area contributed by atoms with Gasteiger partial charge in [-0.1, -0.05) is 12.1 Å². The van der Waals surface area contributed by atoms with Crippen molar-refractivity contribution in [2.75, 3.05) is 11.9 Å². The Morgan fingerprint density at radius 3 is 2.71 bits per heavy atom. The molecule has 0 bridgehead atoms. The van der Waals surface area contributed by atoms with Crippen molar-refractivity contribution in [2.45, 2.75) is 23.2 Å². The van der Waals surface area contributed by atoms with Gasteiger partial charge in [0.25, 0.3) is 0 Å². The summed E-state index contributed by atoms with van der Waals surface area (Å²) < 4.78 is 42.5. The largest absolute Gasteiger partial charge is 0.490 e. The van der Waals surface area contributed by atoms with Crippen molar-refractivity contribution in [3.8, 4) is 11.8 Å². The summed E-state index contributed by atoms with van der Waals surface area (Å²) in [5.41, 5.74) is -3.76. The van der Waals surface area contributed by atoms with E-state index in [1.807, 2.05) is 6.07 Å². The second-order valence-electron chi connectivity index (χ2n) is 5.40. The molecule has 0 aliphatic heterocycles. The molecule has 0 fully saturated rings. The van der Waals surface area contributed by atoms with E-state index in [0.29, 0.717) is 30.8 Å². The van der Waals surface area contributed by atoms with Crippen molar-refractivity contribution in [2.24, 2.45) is 0 Å². The Balaban J connectivity index is 1.94. The molecular formula is C19H16F3N3O2S. The third-order valence-electron chi connectivity index (χ3n) is 3.24. The second kappa shape index (κ2) is 10.4. The number of hydrogen-bond acceptors (Lipinski definition) is 5. The molecule has 0 aliphatic carbocycles. The SMILES string of the molecule is N#CCCCOc1cccnc1NC(=O)C=Cc1ccc(SC(F)(F)F)cc1. The molecule has 2 aromatic rings. The number of pyridine rings is 1. The molecule has 9 heteroatoms. The van der Waals surface area contributed by atoms with Gasteiger partial charge in [-0.15, -0.1) is 0 Å². The van der Waals surface area contributed by atoms with Gasteiger partial charge in [-0.25, -0.2) is 4.98 Å². The molecule has 0 saturated heterocycles. The number of aromatic nitrogens is 1. The Hall–Kier alpha value is -2.99. The average molecular weight is 407 g/mol. The third kappa shape index (κ3) is 7.72. The molecule has 0 radical (unpaired) electrons. The Labute approximate surface area is 164 Å². The van der Waals surface area contributed by atoms with E-state index in [-0.39, 0.29) is 22.5 Å². The van der Waals surface area contributed by atoms with Crippen LogP contribution < -0.4 is 10.1 Å². The van der Waals surface area contributed by atoms with Crippen molar-refractivity contribution in [3.05, 3.63) is 54.2 Å². The summed E-state index contributed by atoms with van der Waals surface area (Å²) in [5, 5.41) is 11.1. The van der Waals surface area contributed by atoms with Crippen LogP contribution in [0.25, 0.3) is 6.08 Å². The molecule has 28 heavy (non-hydrogen) atoms. The quantitative estimate of drug-likeness (QED) is 0.377. The number of hydrogen-bond donors (Lipinski definition) is 1. The maximum atomic E-state index is 12.3. The second-order valence-corrected chi connectivity index (χ2v) is 6.54. The predicted molar refractivity (Wildman–Crippen MR) is 101 cm³/mol. The Kier molecular flexibility index (Phi) is 7.89. The van der Waals surface area contributed by atoms with Crippen LogP contribution in [0.4, 0.5) is 19.0 Å². The lowest BCUT2D eigenvalue weighted by atomic mass is 10.2. The van der Waals surface area contributed by atoms with Crippen LogP contribution in [0.3, 0.4) is 0 Å². The predicted octanol–water partition coefficient (Wildman–Crippen LogP) is 5.03. The molecule has 2 rings (SSSR count). The first-order valence-electron chi connectivity index (χ1n) is 8.17. The maximum Gasteiger partial charge on any atom is 0.446 e. The summed E-state index contributed by atoms with van der Waals surface area (Å²) in [6.07, 6.45) is 5.15. The fourth-order valence-electron chi connectivity index (χ4n) is 2.05. The van der Waals surface area contributed by atoms with Gasteiger partial charge in [0.2, 0.25) is 5.91 Å². The number of carbonyl (C=O) groups is 1. The molecule has 146 valence electrons. The number of alkyl halides is 3. The van der Waals surface area contributed by atoms with E-state index in [2.05, 4.69) is 10.3 Å². The number of ether oxygens (including phenoxy) is 1. The number of benzene rings is 1. The Bertz CT molecular complexity index is 862. The van der Waals surface area contributed by atoms with Crippen LogP contribution in [0.1, 0.15) is 18.4 Å². The molecule has 1 amide bonds. The van der Waals surface area contributed by atoms with Gasteiger partial charge in [0.05, 0.1) is 12.7 Å². The number of carbonyl (C=O) groups excluding carboxylic acids is 1. The van der Waals surface area contributed by atoms with Crippen molar-refractivity contribution < 1.29 is 22.7 Å². The Morgan fingerprint density at radius 1 is 1.29 bits per heavy atom. The van der Waals surface area contributed by atoms with E-state index in [1.165, 1.54) is 42.6 Å². The molecule has 1 N–H and O–H groups in total. The standard InChI is InChI=1S/C19H16F3N3O2S/c20-19(21,22)28-15-8-5-14(6-9-15)7-10-17(26)25-18-16(4-3-12-24-18)27-13-2-1-11-23/h3-10,12H,1-2,13H2,(H,24,25,26). The molecular weight excluding hydrogens is 391 g/mol. The van der Waals surface area contributed by atoms with E-state index in [0.717, 1.165) is 0 Å². The zero-order chi connectivity index (χ0) is 20.4. The first-order valence-corrected chi connectivity index (χ1v) is 8.98. The lowest BCUT2D eigenvalue weighted by Gasteiger charge is -2.09. The first kappa shape index (κ1) is 21.3. The van der Waals surface area contributed by atoms with Crippen molar-refractivity contribution >= 4 is 29.6 Å². The first-order chi connectivity index (χ1) is 13.4. The Morgan fingerprint density at radius 2 is 2.04 bits per heavy atom. The number of unbranched alkanes of at least 4 members (excludes halogenated alkanes) is 1. The van der Waals surface area contributed by atoms with Crippen LogP contribution in [0, 0.1) is 11.3 Å². The fraction of sp³-hybridized carbons (Fsp3) is 0.211. The van der Waals surface area contributed by atoms with Gasteiger partial charge >= 0.3 is 5.51 Å². The van der Waals surface area contributed by atoms with Gasteiger partial charge in [0.15, 0.2) is 11.6 Å². The summed E-state index contributed by atoms with van der Waals surface area (Å²) in [6, 6.07) is 11.0. The fourth-order valence-corrected chi connectivity index (χ4v) is 2.58. The van der Waals surface area contributed by atoms with E-state index in [9.17, 15) is 18.0 Å². The summed E-state index contributed by atoms with van der Waals surface area (Å²) >= 11 is -0.197. The third-order valence-corrected chi connectivity index (χ3v) is 3.98. The summed E-state index contributed by atoms with van der Waals surface area (Å²) in [4.78, 5) is 16.2. The van der Waals surface area contributed by atoms with E-state index in [1.54, 1.807) is 12.1 Å². The van der Waals surface area contributed by atoms with Gasteiger partial charge in [-0.2, -0.15) is 18.4 Å². The molecule has 0 saturated carbocycles. The van der Waals surface area contributed by atoms with Gasteiger partial charge in [-0.05, 0) is 54.1 Å². The zero-order valence-electron chi connectivity index (χ0n) is 14.6. The molecule has 0 aliphatic rings. The molecule has 5 nitrogen and oxygen atoms in total. The van der Waals surface area contributed by atoms with Crippen LogP contribution in [0.2, 0.25) is 0 Å². The zero-order valence-corrected chi connectivity index (χ0v) is 15.4. The molecule has 1 heterocycles. The lowest BCUT2D eigenvalue weighted by molar-refractivity contribution is -0.111. The number of anilines is 1. The van der Waals surface area contributed by atoms with Crippen molar-refractivity contribution in [1.82, 2.24) is 4.98 Å². The van der Waals surface area contributed by atoms with Gasteiger partial charge < -0.3 is 10.1 Å². The van der Waals surface area contributed by atoms with Crippen molar-refractivity contribution in [3.63, 3.8) is 0 Å². The van der Waals surface area contributed by atoms with Crippen LogP contribution in [-0.4, -0.2) is 23.0 Å². The minimum absolute atomic E-state index is 0.0702. The van der Waals surface area contributed by atoms with E-state index in [4.69, 9.17) is 10.00 Å². The van der Waals surface area contributed by atoms with Crippen LogP contribution in [-0.2, 0) is 4.79 Å². The molecule has 0 atom stereocenters. The number of nitriles is 1. The number of nitrogens with zero attached hydrogens (tertiary/aromatic N) is 2. The highest BCUT2D eigenvalue weighted by Gasteiger charge is 2.28.